The van der Waals surface area contributed by atoms with E-state index in [1.54, 1.807) is 26.8 Å². The van der Waals surface area contributed by atoms with Gasteiger partial charge in [0.15, 0.2) is 0 Å². The van der Waals surface area contributed by atoms with E-state index in [4.69, 9.17) is 16.6 Å². The Morgan fingerprint density at radius 1 is 1.16 bits per heavy atom. The molecule has 1 unspecified atom stereocenters. The molecule has 0 spiro atoms. The van der Waals surface area contributed by atoms with Crippen LogP contribution in [0.3, 0.4) is 0 Å². The Kier molecular flexibility index (Phi) is 5.93. The normalized spacial score (nSPS) is 15.5. The first-order chi connectivity index (χ1) is 14.8. The topological polar surface area (TPSA) is 58.4 Å². The van der Waals surface area contributed by atoms with Crippen molar-refractivity contribution in [1.82, 2.24) is 9.55 Å². The number of aryl methyl sites for hydroxylation is 2. The predicted octanol–water partition coefficient (Wildman–Crippen LogP) is 5.67. The lowest BCUT2D eigenvalue weighted by atomic mass is 10.00. The minimum atomic E-state index is -0.914. The van der Waals surface area contributed by atoms with E-state index in [0.29, 0.717) is 33.8 Å². The Bertz CT molecular complexity index is 1130. The summed E-state index contributed by atoms with van der Waals surface area (Å²) in [7, 11) is 0. The summed E-state index contributed by atoms with van der Waals surface area (Å²) in [6.45, 7) is 7.51. The molecule has 1 aromatic heterocycles. The Labute approximate surface area is 186 Å². The maximum atomic E-state index is 14.2. The van der Waals surface area contributed by atoms with Crippen molar-refractivity contribution in [3.8, 4) is 0 Å². The summed E-state index contributed by atoms with van der Waals surface area (Å²) in [4.78, 5) is 18.9. The number of nitrogens with zero attached hydrogens (tertiary/aromatic N) is 3. The average Bonchev–Trinajstić information content (AvgIpc) is 3.09. The second kappa shape index (κ2) is 8.50. The number of aliphatic carboxylic acids is 1. The first kappa shape index (κ1) is 21.6. The number of fused-ring (bicyclic) bond motifs is 1. The molecule has 0 radical (unpaired) electrons. The number of carboxylic acid groups (broad SMARTS) is 1. The smallest absolute Gasteiger partial charge is 0.310 e. The molecule has 1 aliphatic heterocycles. The molecule has 0 amide bonds. The number of piperidine rings is 1. The number of imidazole rings is 1. The summed E-state index contributed by atoms with van der Waals surface area (Å²) in [6, 6.07) is 7.27. The van der Waals surface area contributed by atoms with Crippen molar-refractivity contribution in [3.05, 3.63) is 57.4 Å². The molecule has 0 saturated carbocycles. The van der Waals surface area contributed by atoms with Gasteiger partial charge in [0.25, 0.3) is 0 Å². The van der Waals surface area contributed by atoms with Gasteiger partial charge in [0.1, 0.15) is 5.82 Å². The van der Waals surface area contributed by atoms with Gasteiger partial charge in [-0.25, -0.2) is 9.37 Å². The van der Waals surface area contributed by atoms with Gasteiger partial charge in [-0.3, -0.25) is 4.79 Å². The van der Waals surface area contributed by atoms with Crippen LogP contribution in [0.15, 0.2) is 24.3 Å². The molecule has 1 N–H and O–H groups in total. The molecule has 1 fully saturated rings. The van der Waals surface area contributed by atoms with Crippen molar-refractivity contribution in [2.75, 3.05) is 18.0 Å². The molecular formula is C24H27ClFN3O2. The van der Waals surface area contributed by atoms with Crippen LogP contribution in [0, 0.1) is 19.7 Å². The predicted molar refractivity (Wildman–Crippen MR) is 122 cm³/mol. The van der Waals surface area contributed by atoms with E-state index >= 15 is 0 Å². The highest BCUT2D eigenvalue weighted by Crippen LogP contribution is 2.34. The summed E-state index contributed by atoms with van der Waals surface area (Å²) in [5, 5.41) is 10.1. The Morgan fingerprint density at radius 3 is 2.42 bits per heavy atom. The second-order valence-electron chi connectivity index (χ2n) is 8.51. The number of hydrogen-bond acceptors (Lipinski definition) is 3. The fourth-order valence-electron chi connectivity index (χ4n) is 4.46. The molecule has 7 heteroatoms. The number of benzene rings is 2. The summed E-state index contributed by atoms with van der Waals surface area (Å²) in [5.41, 5.74) is 4.26. The molecule has 1 aliphatic rings. The lowest BCUT2D eigenvalue weighted by Crippen LogP contribution is -2.32. The maximum Gasteiger partial charge on any atom is 0.310 e. The standard InChI is InChI=1S/C24H27ClFN3O2/c1-14-9-17(10-15(2)21(14)26)13-29-20-12-18(25)11-19(16(3)23(30)31)22(20)27-24(29)28-7-5-4-6-8-28/h9-12,16H,4-8,13H2,1-3H3,(H,30,31). The van der Waals surface area contributed by atoms with E-state index < -0.39 is 11.9 Å². The number of aromatic nitrogens is 2. The minimum Gasteiger partial charge on any atom is -0.481 e. The number of carboxylic acids is 1. The lowest BCUT2D eigenvalue weighted by Gasteiger charge is -2.28. The fourth-order valence-corrected chi connectivity index (χ4v) is 4.69. The zero-order chi connectivity index (χ0) is 22.3. The molecule has 164 valence electrons. The van der Waals surface area contributed by atoms with Crippen LogP contribution in [0.25, 0.3) is 11.0 Å². The van der Waals surface area contributed by atoms with Crippen LogP contribution in [-0.4, -0.2) is 33.7 Å². The largest absolute Gasteiger partial charge is 0.481 e. The third-order valence-electron chi connectivity index (χ3n) is 6.14. The van der Waals surface area contributed by atoms with Gasteiger partial charge in [-0.05, 0) is 74.4 Å². The summed E-state index contributed by atoms with van der Waals surface area (Å²) in [6.07, 6.45) is 3.38. The van der Waals surface area contributed by atoms with E-state index in [9.17, 15) is 14.3 Å². The highest BCUT2D eigenvalue weighted by Gasteiger charge is 2.25. The van der Waals surface area contributed by atoms with E-state index in [1.165, 1.54) is 6.42 Å². The molecule has 1 atom stereocenters. The first-order valence-electron chi connectivity index (χ1n) is 10.7. The summed E-state index contributed by atoms with van der Waals surface area (Å²) >= 11 is 6.42. The SMILES string of the molecule is Cc1cc(Cn2c(N3CCCCC3)nc3c(C(C)C(=O)O)cc(Cl)cc32)cc(C)c1F. The highest BCUT2D eigenvalue weighted by atomic mass is 35.5. The molecular weight excluding hydrogens is 417 g/mol. The van der Waals surface area contributed by atoms with Crippen LogP contribution in [0.4, 0.5) is 10.3 Å². The van der Waals surface area contributed by atoms with Gasteiger partial charge in [-0.2, -0.15) is 0 Å². The van der Waals surface area contributed by atoms with E-state index in [0.717, 1.165) is 43.0 Å². The van der Waals surface area contributed by atoms with Crippen molar-refractivity contribution >= 4 is 34.6 Å². The lowest BCUT2D eigenvalue weighted by molar-refractivity contribution is -0.138. The van der Waals surface area contributed by atoms with Crippen LogP contribution < -0.4 is 4.90 Å². The van der Waals surface area contributed by atoms with E-state index in [1.807, 2.05) is 18.2 Å². The second-order valence-corrected chi connectivity index (χ2v) is 8.95. The Morgan fingerprint density at radius 2 is 1.81 bits per heavy atom. The number of anilines is 1. The van der Waals surface area contributed by atoms with Crippen molar-refractivity contribution in [1.29, 1.82) is 0 Å². The molecule has 4 rings (SSSR count). The van der Waals surface area contributed by atoms with Crippen molar-refractivity contribution < 1.29 is 14.3 Å². The molecule has 31 heavy (non-hydrogen) atoms. The first-order valence-corrected chi connectivity index (χ1v) is 11.1. The molecule has 2 aromatic carbocycles. The third-order valence-corrected chi connectivity index (χ3v) is 6.36. The van der Waals surface area contributed by atoms with E-state index in [-0.39, 0.29) is 5.82 Å². The molecule has 3 aromatic rings. The van der Waals surface area contributed by atoms with Gasteiger partial charge in [-0.15, -0.1) is 0 Å². The molecule has 0 bridgehead atoms. The molecule has 2 heterocycles. The average molecular weight is 444 g/mol. The highest BCUT2D eigenvalue weighted by molar-refractivity contribution is 6.31. The zero-order valence-corrected chi connectivity index (χ0v) is 18.8. The number of halogens is 2. The van der Waals surface area contributed by atoms with Gasteiger partial charge in [0.2, 0.25) is 5.95 Å². The van der Waals surface area contributed by atoms with Crippen LogP contribution in [0.2, 0.25) is 5.02 Å². The number of hydrogen-bond donors (Lipinski definition) is 1. The van der Waals surface area contributed by atoms with Crippen LogP contribution in [-0.2, 0) is 11.3 Å². The summed E-state index contributed by atoms with van der Waals surface area (Å²) < 4.78 is 16.3. The number of rotatable bonds is 5. The van der Waals surface area contributed by atoms with Crippen molar-refractivity contribution in [3.63, 3.8) is 0 Å². The minimum absolute atomic E-state index is 0.184. The quantitative estimate of drug-likeness (QED) is 0.551. The van der Waals surface area contributed by atoms with Crippen LogP contribution >= 0.6 is 11.6 Å². The fraction of sp³-hybridized carbons (Fsp3) is 0.417. The molecule has 5 nitrogen and oxygen atoms in total. The summed E-state index contributed by atoms with van der Waals surface area (Å²) in [5.74, 6) is -1.01. The van der Waals surface area contributed by atoms with Crippen molar-refractivity contribution in [2.45, 2.75) is 52.5 Å². The molecule has 0 aliphatic carbocycles. The Balaban J connectivity index is 1.91. The van der Waals surface area contributed by atoms with Crippen LogP contribution in [0.1, 0.15) is 54.4 Å². The van der Waals surface area contributed by atoms with Gasteiger partial charge < -0.3 is 14.6 Å². The zero-order valence-electron chi connectivity index (χ0n) is 18.1. The monoisotopic (exact) mass is 443 g/mol. The van der Waals surface area contributed by atoms with Gasteiger partial charge in [-0.1, -0.05) is 23.7 Å². The van der Waals surface area contributed by atoms with E-state index in [2.05, 4.69) is 9.47 Å². The van der Waals surface area contributed by atoms with Gasteiger partial charge in [0, 0.05) is 18.1 Å². The Hall–Kier alpha value is -2.60. The van der Waals surface area contributed by atoms with Gasteiger partial charge >= 0.3 is 5.97 Å². The number of carbonyl (C=O) groups is 1. The van der Waals surface area contributed by atoms with Gasteiger partial charge in [0.05, 0.1) is 23.5 Å². The van der Waals surface area contributed by atoms with Crippen LogP contribution in [0.5, 0.6) is 0 Å². The molecule has 1 saturated heterocycles. The van der Waals surface area contributed by atoms with Crippen molar-refractivity contribution in [2.24, 2.45) is 0 Å². The maximum absolute atomic E-state index is 14.2. The third kappa shape index (κ3) is 4.13.